The van der Waals surface area contributed by atoms with Crippen LogP contribution < -0.4 is 0 Å². The van der Waals surface area contributed by atoms with Gasteiger partial charge in [-0.05, 0) is 88.5 Å². The Labute approximate surface area is 245 Å². The van der Waals surface area contributed by atoms with Crippen molar-refractivity contribution in [3.8, 4) is 45.5 Å². The van der Waals surface area contributed by atoms with Crippen LogP contribution in [0.4, 0.5) is 0 Å². The number of furan rings is 1. The van der Waals surface area contributed by atoms with Crippen molar-refractivity contribution in [2.45, 2.75) is 0 Å². The van der Waals surface area contributed by atoms with Gasteiger partial charge in [0.1, 0.15) is 11.2 Å². The van der Waals surface area contributed by atoms with Crippen molar-refractivity contribution in [2.75, 3.05) is 0 Å². The standard InChI is InChI=1S/C38H20N2OS/c39-21-23-10-14-37-33(16-23)34-18-26(12-15-38(34)42-37)30-19-27(22-40)29(24-6-2-1-3-7-24)20-31(30)25-11-13-36-32(17-25)28-8-4-5-9-35(28)41-36/h1-20H. The number of para-hydroxylation sites is 1. The molecule has 8 aromatic rings. The van der Waals surface area contributed by atoms with E-state index in [1.54, 1.807) is 11.3 Å². The van der Waals surface area contributed by atoms with Gasteiger partial charge in [0, 0.05) is 36.5 Å². The third-order valence-electron chi connectivity index (χ3n) is 7.96. The molecule has 0 unspecified atom stereocenters. The zero-order valence-electron chi connectivity index (χ0n) is 22.3. The zero-order chi connectivity index (χ0) is 28.2. The lowest BCUT2D eigenvalue weighted by molar-refractivity contribution is 0.669. The molecule has 0 fully saturated rings. The predicted molar refractivity (Wildman–Crippen MR) is 172 cm³/mol. The summed E-state index contributed by atoms with van der Waals surface area (Å²) in [5, 5.41) is 24.1. The molecule has 0 radical (unpaired) electrons. The number of hydrogen-bond acceptors (Lipinski definition) is 4. The van der Waals surface area contributed by atoms with E-state index in [0.717, 1.165) is 75.5 Å². The molecule has 2 aromatic heterocycles. The molecule has 194 valence electrons. The van der Waals surface area contributed by atoms with Gasteiger partial charge < -0.3 is 4.42 Å². The van der Waals surface area contributed by atoms with Crippen molar-refractivity contribution >= 4 is 53.4 Å². The normalized spacial score (nSPS) is 11.3. The molecule has 0 spiro atoms. The van der Waals surface area contributed by atoms with Crippen LogP contribution in [0.2, 0.25) is 0 Å². The lowest BCUT2D eigenvalue weighted by Crippen LogP contribution is -1.92. The van der Waals surface area contributed by atoms with Crippen LogP contribution in [-0.4, -0.2) is 0 Å². The summed E-state index contributed by atoms with van der Waals surface area (Å²) in [4.78, 5) is 0. The molecule has 0 saturated carbocycles. The molecule has 6 aromatic carbocycles. The minimum absolute atomic E-state index is 0.622. The topological polar surface area (TPSA) is 60.7 Å². The fourth-order valence-electron chi connectivity index (χ4n) is 5.93. The first-order chi connectivity index (χ1) is 20.7. The summed E-state index contributed by atoms with van der Waals surface area (Å²) in [6.45, 7) is 0. The molecule has 8 rings (SSSR count). The summed E-state index contributed by atoms with van der Waals surface area (Å²) in [5.74, 6) is 0. The van der Waals surface area contributed by atoms with Crippen LogP contribution >= 0.6 is 11.3 Å². The number of nitriles is 2. The van der Waals surface area contributed by atoms with Crippen LogP contribution in [0.3, 0.4) is 0 Å². The molecule has 0 bridgehead atoms. The van der Waals surface area contributed by atoms with Gasteiger partial charge in [-0.15, -0.1) is 11.3 Å². The summed E-state index contributed by atoms with van der Waals surface area (Å²) in [6, 6.07) is 45.7. The van der Waals surface area contributed by atoms with Gasteiger partial charge in [0.25, 0.3) is 0 Å². The minimum atomic E-state index is 0.622. The van der Waals surface area contributed by atoms with Crippen LogP contribution in [0.25, 0.3) is 75.5 Å². The van der Waals surface area contributed by atoms with Crippen LogP contribution in [0, 0.1) is 22.7 Å². The number of rotatable bonds is 3. The van der Waals surface area contributed by atoms with E-state index in [-0.39, 0.29) is 0 Å². The molecule has 2 heterocycles. The Morgan fingerprint density at radius 3 is 1.95 bits per heavy atom. The molecule has 0 aliphatic heterocycles. The Balaban J connectivity index is 1.42. The van der Waals surface area contributed by atoms with Crippen LogP contribution in [0.5, 0.6) is 0 Å². The van der Waals surface area contributed by atoms with Gasteiger partial charge in [-0.3, -0.25) is 0 Å². The highest BCUT2D eigenvalue weighted by molar-refractivity contribution is 7.25. The minimum Gasteiger partial charge on any atom is -0.456 e. The Morgan fingerprint density at radius 1 is 0.476 bits per heavy atom. The Bertz CT molecular complexity index is 2430. The molecular weight excluding hydrogens is 532 g/mol. The summed E-state index contributed by atoms with van der Waals surface area (Å²) < 4.78 is 8.44. The molecule has 0 aliphatic rings. The molecule has 0 saturated heterocycles. The van der Waals surface area contributed by atoms with Crippen LogP contribution in [0.1, 0.15) is 11.1 Å². The van der Waals surface area contributed by atoms with Crippen molar-refractivity contribution in [2.24, 2.45) is 0 Å². The number of benzene rings is 6. The van der Waals surface area contributed by atoms with Gasteiger partial charge in [-0.25, -0.2) is 0 Å². The van der Waals surface area contributed by atoms with Gasteiger partial charge >= 0.3 is 0 Å². The fourth-order valence-corrected chi connectivity index (χ4v) is 7.00. The smallest absolute Gasteiger partial charge is 0.135 e. The molecule has 0 amide bonds. The van der Waals surface area contributed by atoms with Crippen molar-refractivity contribution in [1.82, 2.24) is 0 Å². The summed E-state index contributed by atoms with van der Waals surface area (Å²) >= 11 is 1.72. The highest BCUT2D eigenvalue weighted by atomic mass is 32.1. The molecule has 4 heteroatoms. The number of fused-ring (bicyclic) bond motifs is 6. The van der Waals surface area contributed by atoms with E-state index in [1.807, 2.05) is 78.9 Å². The maximum Gasteiger partial charge on any atom is 0.135 e. The average Bonchev–Trinajstić information content (AvgIpc) is 3.61. The van der Waals surface area contributed by atoms with E-state index < -0.39 is 0 Å². The van der Waals surface area contributed by atoms with Gasteiger partial charge in [0.2, 0.25) is 0 Å². The highest BCUT2D eigenvalue weighted by Gasteiger charge is 2.17. The van der Waals surface area contributed by atoms with E-state index in [0.29, 0.717) is 11.1 Å². The summed E-state index contributed by atoms with van der Waals surface area (Å²) in [6.07, 6.45) is 0. The van der Waals surface area contributed by atoms with Gasteiger partial charge in [0.05, 0.1) is 23.3 Å². The first-order valence-corrected chi connectivity index (χ1v) is 14.4. The van der Waals surface area contributed by atoms with E-state index in [1.165, 1.54) is 0 Å². The first-order valence-electron chi connectivity index (χ1n) is 13.6. The third kappa shape index (κ3) is 3.79. The van der Waals surface area contributed by atoms with Gasteiger partial charge in [0.15, 0.2) is 0 Å². The lowest BCUT2D eigenvalue weighted by atomic mass is 9.87. The monoisotopic (exact) mass is 552 g/mol. The molecule has 3 nitrogen and oxygen atoms in total. The van der Waals surface area contributed by atoms with Crippen molar-refractivity contribution < 1.29 is 4.42 Å². The Kier molecular flexibility index (Phi) is 5.44. The maximum absolute atomic E-state index is 10.3. The molecular formula is C38H20N2OS. The van der Waals surface area contributed by atoms with E-state index in [9.17, 15) is 10.5 Å². The molecule has 0 atom stereocenters. The number of thiophene rings is 1. The fraction of sp³-hybridized carbons (Fsp3) is 0. The largest absolute Gasteiger partial charge is 0.456 e. The third-order valence-corrected chi connectivity index (χ3v) is 9.11. The predicted octanol–water partition coefficient (Wildman–Crippen LogP) is 10.7. The molecule has 0 N–H and O–H groups in total. The quantitative estimate of drug-likeness (QED) is 0.219. The summed E-state index contributed by atoms with van der Waals surface area (Å²) in [5.41, 5.74) is 8.96. The van der Waals surface area contributed by atoms with Gasteiger partial charge in [-0.2, -0.15) is 10.5 Å². The Morgan fingerprint density at radius 2 is 1.14 bits per heavy atom. The molecule has 0 aliphatic carbocycles. The van der Waals surface area contributed by atoms with Crippen molar-refractivity contribution in [1.29, 1.82) is 10.5 Å². The lowest BCUT2D eigenvalue weighted by Gasteiger charge is -2.15. The second-order valence-corrected chi connectivity index (χ2v) is 11.4. The van der Waals surface area contributed by atoms with E-state index >= 15 is 0 Å². The SMILES string of the molecule is N#Cc1ccc2sc3ccc(-c4cc(C#N)c(-c5ccccc5)cc4-c4ccc5oc6ccccc6c5c4)cc3c2c1. The second kappa shape index (κ2) is 9.46. The zero-order valence-corrected chi connectivity index (χ0v) is 23.1. The maximum atomic E-state index is 10.3. The van der Waals surface area contributed by atoms with Crippen LogP contribution in [-0.2, 0) is 0 Å². The summed E-state index contributed by atoms with van der Waals surface area (Å²) in [7, 11) is 0. The van der Waals surface area contributed by atoms with E-state index in [2.05, 4.69) is 54.6 Å². The van der Waals surface area contributed by atoms with E-state index in [4.69, 9.17) is 4.42 Å². The average molecular weight is 553 g/mol. The highest BCUT2D eigenvalue weighted by Crippen LogP contribution is 2.43. The van der Waals surface area contributed by atoms with Crippen molar-refractivity contribution in [3.05, 3.63) is 132 Å². The second-order valence-electron chi connectivity index (χ2n) is 10.4. The molecule has 42 heavy (non-hydrogen) atoms. The van der Waals surface area contributed by atoms with Crippen LogP contribution in [0.15, 0.2) is 126 Å². The number of hydrogen-bond donors (Lipinski definition) is 0. The number of nitrogens with zero attached hydrogens (tertiary/aromatic N) is 2. The van der Waals surface area contributed by atoms with Gasteiger partial charge in [-0.1, -0.05) is 60.7 Å². The Hall–Kier alpha value is -5.68. The first kappa shape index (κ1) is 24.1. The van der Waals surface area contributed by atoms with Crippen molar-refractivity contribution in [3.63, 3.8) is 0 Å².